The second-order valence-corrected chi connectivity index (χ2v) is 10.0. The molecule has 5 rings (SSSR count). The van der Waals surface area contributed by atoms with Gasteiger partial charge in [-0.25, -0.2) is 17.2 Å². The molecule has 1 saturated carbocycles. The Morgan fingerprint density at radius 1 is 1.00 bits per heavy atom. The molecule has 3 aromatic rings. The highest BCUT2D eigenvalue weighted by Crippen LogP contribution is 2.40. The molecule has 0 bridgehead atoms. The maximum atomic E-state index is 13.6. The minimum absolute atomic E-state index is 0.139. The number of aliphatic hydroxyl groups is 1. The molecule has 2 aromatic carbocycles. The predicted molar refractivity (Wildman–Crippen MR) is 112 cm³/mol. The number of sulfonamides is 1. The molecule has 2 N–H and O–H groups in total. The smallest absolute Gasteiger partial charge is 0.243 e. The lowest BCUT2D eigenvalue weighted by Crippen LogP contribution is -2.39. The standard InChI is InChI=1S/C21H22F2N4O3S/c22-18-5-1-13(11-19(18)23)24-21-17-12-16(4-6-20(17)27(25-21)14-2-3-14)31(29,30)26-9-7-15(28)8-10-26/h1,4-6,11-12,14-15,28H,2-3,7-10H2,(H,24,25). The molecule has 1 saturated heterocycles. The fourth-order valence-electron chi connectivity index (χ4n) is 3.91. The van der Waals surface area contributed by atoms with Crippen molar-refractivity contribution in [2.24, 2.45) is 0 Å². The van der Waals surface area contributed by atoms with Gasteiger partial charge in [0.1, 0.15) is 0 Å². The Morgan fingerprint density at radius 2 is 1.74 bits per heavy atom. The summed E-state index contributed by atoms with van der Waals surface area (Å²) in [5.74, 6) is -1.54. The Morgan fingerprint density at radius 3 is 2.42 bits per heavy atom. The number of anilines is 2. The number of nitrogens with one attached hydrogen (secondary N) is 1. The molecule has 164 valence electrons. The van der Waals surface area contributed by atoms with Crippen LogP contribution in [-0.4, -0.2) is 46.8 Å². The van der Waals surface area contributed by atoms with Crippen LogP contribution in [0.1, 0.15) is 31.7 Å². The second-order valence-electron chi connectivity index (χ2n) is 8.09. The van der Waals surface area contributed by atoms with Gasteiger partial charge >= 0.3 is 0 Å². The number of nitrogens with zero attached hydrogens (tertiary/aromatic N) is 3. The van der Waals surface area contributed by atoms with E-state index in [0.717, 1.165) is 30.5 Å². The van der Waals surface area contributed by atoms with Crippen LogP contribution in [0.3, 0.4) is 0 Å². The van der Waals surface area contributed by atoms with Gasteiger partial charge in [0.05, 0.1) is 22.6 Å². The van der Waals surface area contributed by atoms with Crippen molar-refractivity contribution in [1.82, 2.24) is 14.1 Å². The van der Waals surface area contributed by atoms with E-state index in [1.165, 1.54) is 10.4 Å². The molecule has 0 radical (unpaired) electrons. The lowest BCUT2D eigenvalue weighted by molar-refractivity contribution is 0.113. The van der Waals surface area contributed by atoms with Crippen LogP contribution < -0.4 is 5.32 Å². The first kappa shape index (κ1) is 20.3. The van der Waals surface area contributed by atoms with Crippen LogP contribution in [-0.2, 0) is 10.0 Å². The zero-order chi connectivity index (χ0) is 21.8. The van der Waals surface area contributed by atoms with Crippen LogP contribution >= 0.6 is 0 Å². The molecule has 31 heavy (non-hydrogen) atoms. The van der Waals surface area contributed by atoms with Gasteiger partial charge < -0.3 is 10.4 Å². The van der Waals surface area contributed by atoms with E-state index < -0.39 is 27.8 Å². The van der Waals surface area contributed by atoms with E-state index >= 15 is 0 Å². The zero-order valence-corrected chi connectivity index (χ0v) is 17.4. The Hall–Kier alpha value is -2.56. The van der Waals surface area contributed by atoms with Crippen LogP contribution in [0.2, 0.25) is 0 Å². The van der Waals surface area contributed by atoms with E-state index in [4.69, 9.17) is 0 Å². The Balaban J connectivity index is 1.55. The van der Waals surface area contributed by atoms with Crippen LogP contribution in [0, 0.1) is 11.6 Å². The van der Waals surface area contributed by atoms with E-state index in [9.17, 15) is 22.3 Å². The number of piperidine rings is 1. The van der Waals surface area contributed by atoms with Gasteiger partial charge in [0, 0.05) is 30.2 Å². The number of halogens is 2. The van der Waals surface area contributed by atoms with Gasteiger partial charge in [-0.05, 0) is 56.0 Å². The molecule has 2 aliphatic rings. The maximum Gasteiger partial charge on any atom is 0.243 e. The summed E-state index contributed by atoms with van der Waals surface area (Å²) in [4.78, 5) is 0.139. The van der Waals surface area contributed by atoms with E-state index in [2.05, 4.69) is 10.4 Å². The van der Waals surface area contributed by atoms with Gasteiger partial charge in [0.25, 0.3) is 0 Å². The highest BCUT2D eigenvalue weighted by atomic mass is 32.2. The SMILES string of the molecule is O=S(=O)(c1ccc2c(c1)c(Nc1ccc(F)c(F)c1)nn2C1CC1)N1CCC(O)CC1. The van der Waals surface area contributed by atoms with Gasteiger partial charge in [-0.15, -0.1) is 0 Å². The summed E-state index contributed by atoms with van der Waals surface area (Å²) in [5.41, 5.74) is 1.10. The van der Waals surface area contributed by atoms with E-state index in [1.807, 2.05) is 4.68 Å². The molecule has 1 aliphatic heterocycles. The molecule has 1 aliphatic carbocycles. The lowest BCUT2D eigenvalue weighted by Gasteiger charge is -2.28. The Bertz CT molecular complexity index is 1250. The van der Waals surface area contributed by atoms with Gasteiger partial charge in [0.15, 0.2) is 17.5 Å². The van der Waals surface area contributed by atoms with Crippen LogP contribution in [0.5, 0.6) is 0 Å². The highest BCUT2D eigenvalue weighted by molar-refractivity contribution is 7.89. The van der Waals surface area contributed by atoms with Crippen molar-refractivity contribution < 1.29 is 22.3 Å². The van der Waals surface area contributed by atoms with Crippen LogP contribution in [0.4, 0.5) is 20.3 Å². The molecular formula is C21H22F2N4O3S. The Labute approximate surface area is 178 Å². The summed E-state index contributed by atoms with van der Waals surface area (Å²) in [5, 5.41) is 17.9. The molecule has 10 heteroatoms. The minimum Gasteiger partial charge on any atom is -0.393 e. The van der Waals surface area contributed by atoms with Crippen molar-refractivity contribution in [1.29, 1.82) is 0 Å². The first-order valence-corrected chi connectivity index (χ1v) is 11.7. The fourth-order valence-corrected chi connectivity index (χ4v) is 5.41. The number of hydrogen-bond donors (Lipinski definition) is 2. The minimum atomic E-state index is -3.73. The van der Waals surface area contributed by atoms with Gasteiger partial charge in [-0.3, -0.25) is 4.68 Å². The average molecular weight is 448 g/mol. The second kappa shape index (κ2) is 7.54. The molecule has 0 atom stereocenters. The number of benzene rings is 2. The molecule has 0 spiro atoms. The quantitative estimate of drug-likeness (QED) is 0.624. The normalized spacial score (nSPS) is 18.5. The van der Waals surface area contributed by atoms with Crippen molar-refractivity contribution in [3.8, 4) is 0 Å². The van der Waals surface area contributed by atoms with Crippen LogP contribution in [0.15, 0.2) is 41.3 Å². The molecule has 2 fully saturated rings. The largest absolute Gasteiger partial charge is 0.393 e. The van der Waals surface area contributed by atoms with Crippen molar-refractivity contribution in [3.05, 3.63) is 48.0 Å². The van der Waals surface area contributed by atoms with E-state index in [1.54, 1.807) is 18.2 Å². The maximum absolute atomic E-state index is 13.6. The van der Waals surface area contributed by atoms with E-state index in [0.29, 0.717) is 29.7 Å². The number of hydrogen-bond acceptors (Lipinski definition) is 5. The molecule has 0 unspecified atom stereocenters. The summed E-state index contributed by atoms with van der Waals surface area (Å²) in [6, 6.07) is 8.60. The molecule has 0 amide bonds. The first-order chi connectivity index (χ1) is 14.8. The highest BCUT2D eigenvalue weighted by Gasteiger charge is 2.31. The number of aromatic nitrogens is 2. The number of aliphatic hydroxyl groups excluding tert-OH is 1. The van der Waals surface area contributed by atoms with Crippen molar-refractivity contribution >= 4 is 32.4 Å². The predicted octanol–water partition coefficient (Wildman–Crippen LogP) is 3.54. The third kappa shape index (κ3) is 3.79. The number of fused-ring (bicyclic) bond motifs is 1. The third-order valence-electron chi connectivity index (χ3n) is 5.81. The topological polar surface area (TPSA) is 87.5 Å². The van der Waals surface area contributed by atoms with Gasteiger partial charge in [-0.1, -0.05) is 0 Å². The Kier molecular flexibility index (Phi) is 4.95. The molecule has 2 heterocycles. The summed E-state index contributed by atoms with van der Waals surface area (Å²) >= 11 is 0. The molecule has 1 aromatic heterocycles. The summed E-state index contributed by atoms with van der Waals surface area (Å²) in [7, 11) is -3.73. The molecular weight excluding hydrogens is 426 g/mol. The molecule has 7 nitrogen and oxygen atoms in total. The van der Waals surface area contributed by atoms with Crippen molar-refractivity contribution in [2.45, 2.75) is 42.7 Å². The monoisotopic (exact) mass is 448 g/mol. The zero-order valence-electron chi connectivity index (χ0n) is 16.6. The fraction of sp³-hybridized carbons (Fsp3) is 0.381. The first-order valence-electron chi connectivity index (χ1n) is 10.3. The third-order valence-corrected chi connectivity index (χ3v) is 7.71. The average Bonchev–Trinajstić information content (AvgIpc) is 3.53. The summed E-state index contributed by atoms with van der Waals surface area (Å²) < 4.78 is 56.5. The summed E-state index contributed by atoms with van der Waals surface area (Å²) in [6.07, 6.45) is 2.31. The number of rotatable bonds is 5. The van der Waals surface area contributed by atoms with E-state index in [-0.39, 0.29) is 24.0 Å². The van der Waals surface area contributed by atoms with Crippen molar-refractivity contribution in [3.63, 3.8) is 0 Å². The van der Waals surface area contributed by atoms with Crippen LogP contribution in [0.25, 0.3) is 10.9 Å². The summed E-state index contributed by atoms with van der Waals surface area (Å²) in [6.45, 7) is 0.533. The lowest BCUT2D eigenvalue weighted by atomic mass is 10.1. The van der Waals surface area contributed by atoms with Gasteiger partial charge in [0.2, 0.25) is 10.0 Å². The van der Waals surface area contributed by atoms with Gasteiger partial charge in [-0.2, -0.15) is 9.40 Å². The van der Waals surface area contributed by atoms with Crippen molar-refractivity contribution in [2.75, 3.05) is 18.4 Å².